The summed E-state index contributed by atoms with van der Waals surface area (Å²) in [6.07, 6.45) is 1.52. The van der Waals surface area contributed by atoms with E-state index in [9.17, 15) is 9.59 Å². The fraction of sp³-hybridized carbons (Fsp3) is 0.400. The summed E-state index contributed by atoms with van der Waals surface area (Å²) in [6, 6.07) is 0. The van der Waals surface area contributed by atoms with Gasteiger partial charge in [-0.15, -0.1) is 0 Å². The number of pyridine rings is 1. The third-order valence-electron chi connectivity index (χ3n) is 1.99. The lowest BCUT2D eigenvalue weighted by atomic mass is 10.1. The van der Waals surface area contributed by atoms with Crippen LogP contribution in [0.4, 0.5) is 0 Å². The summed E-state index contributed by atoms with van der Waals surface area (Å²) in [5.41, 5.74) is 1.12. The van der Waals surface area contributed by atoms with Crippen molar-refractivity contribution in [3.8, 4) is 0 Å². The van der Waals surface area contributed by atoms with Crippen molar-refractivity contribution in [2.75, 3.05) is 6.61 Å². The minimum absolute atomic E-state index is 0.119. The SMILES string of the molecule is CCOC(=O)c1[nH]cc(C)c(=O)c1C. The Morgan fingerprint density at radius 3 is 2.71 bits per heavy atom. The second-order valence-electron chi connectivity index (χ2n) is 3.02. The first-order valence-electron chi connectivity index (χ1n) is 4.44. The number of aryl methyl sites for hydroxylation is 1. The van der Waals surface area contributed by atoms with Crippen molar-refractivity contribution in [3.63, 3.8) is 0 Å². The number of H-pyrrole nitrogens is 1. The van der Waals surface area contributed by atoms with E-state index in [1.54, 1.807) is 20.8 Å². The van der Waals surface area contributed by atoms with Crippen LogP contribution in [0, 0.1) is 13.8 Å². The van der Waals surface area contributed by atoms with Crippen LogP contribution in [-0.4, -0.2) is 17.6 Å². The average molecular weight is 195 g/mol. The maximum atomic E-state index is 11.5. The molecule has 0 spiro atoms. The molecule has 14 heavy (non-hydrogen) atoms. The molecule has 76 valence electrons. The van der Waals surface area contributed by atoms with Crippen molar-refractivity contribution in [2.45, 2.75) is 20.8 Å². The zero-order chi connectivity index (χ0) is 10.7. The number of carbonyl (C=O) groups excluding carboxylic acids is 1. The van der Waals surface area contributed by atoms with Gasteiger partial charge in [0.2, 0.25) is 0 Å². The molecule has 0 saturated carbocycles. The highest BCUT2D eigenvalue weighted by Gasteiger charge is 2.13. The van der Waals surface area contributed by atoms with E-state index in [1.165, 1.54) is 6.20 Å². The highest BCUT2D eigenvalue weighted by Crippen LogP contribution is 2.02. The first-order chi connectivity index (χ1) is 6.57. The number of rotatable bonds is 2. The van der Waals surface area contributed by atoms with Gasteiger partial charge in [-0.25, -0.2) is 4.79 Å². The molecule has 4 heteroatoms. The normalized spacial score (nSPS) is 9.93. The van der Waals surface area contributed by atoms with Gasteiger partial charge in [-0.05, 0) is 20.8 Å². The Hall–Kier alpha value is -1.58. The number of hydrogen-bond acceptors (Lipinski definition) is 3. The third-order valence-corrected chi connectivity index (χ3v) is 1.99. The number of ether oxygens (including phenoxy) is 1. The Labute approximate surface area is 81.9 Å². The van der Waals surface area contributed by atoms with E-state index >= 15 is 0 Å². The van der Waals surface area contributed by atoms with E-state index in [4.69, 9.17) is 4.74 Å². The minimum Gasteiger partial charge on any atom is -0.461 e. The Balaban J connectivity index is 3.18. The van der Waals surface area contributed by atoms with E-state index in [1.807, 2.05) is 0 Å². The molecule has 1 rings (SSSR count). The zero-order valence-electron chi connectivity index (χ0n) is 8.51. The second-order valence-corrected chi connectivity index (χ2v) is 3.02. The molecule has 1 heterocycles. The Morgan fingerprint density at radius 2 is 2.14 bits per heavy atom. The second kappa shape index (κ2) is 4.09. The molecule has 0 aliphatic rings. The molecule has 0 aliphatic heterocycles. The largest absolute Gasteiger partial charge is 0.461 e. The summed E-state index contributed by atoms with van der Waals surface area (Å²) in [5.74, 6) is -0.484. The van der Waals surface area contributed by atoms with Crippen molar-refractivity contribution < 1.29 is 9.53 Å². The third kappa shape index (κ3) is 1.84. The summed E-state index contributed by atoms with van der Waals surface area (Å²) in [4.78, 5) is 25.6. The molecule has 0 aliphatic carbocycles. The van der Waals surface area contributed by atoms with E-state index in [-0.39, 0.29) is 11.1 Å². The molecule has 0 saturated heterocycles. The van der Waals surface area contributed by atoms with Crippen LogP contribution in [0.1, 0.15) is 28.5 Å². The van der Waals surface area contributed by atoms with E-state index in [2.05, 4.69) is 4.98 Å². The van der Waals surface area contributed by atoms with Crippen LogP contribution < -0.4 is 5.43 Å². The van der Waals surface area contributed by atoms with Crippen LogP contribution in [0.2, 0.25) is 0 Å². The number of nitrogens with one attached hydrogen (secondary N) is 1. The van der Waals surface area contributed by atoms with Crippen molar-refractivity contribution >= 4 is 5.97 Å². The molecule has 4 nitrogen and oxygen atoms in total. The molecule has 1 aromatic rings. The molecule has 0 fully saturated rings. The zero-order valence-corrected chi connectivity index (χ0v) is 8.51. The van der Waals surface area contributed by atoms with Crippen LogP contribution in [0.25, 0.3) is 0 Å². The Bertz CT molecular complexity index is 406. The first-order valence-corrected chi connectivity index (χ1v) is 4.44. The maximum Gasteiger partial charge on any atom is 0.355 e. The number of aromatic nitrogens is 1. The first kappa shape index (κ1) is 10.5. The highest BCUT2D eigenvalue weighted by molar-refractivity contribution is 5.88. The molecule has 0 bridgehead atoms. The van der Waals surface area contributed by atoms with Gasteiger partial charge in [0, 0.05) is 17.3 Å². The number of carbonyl (C=O) groups is 1. The molecule has 0 aromatic carbocycles. The van der Waals surface area contributed by atoms with Gasteiger partial charge >= 0.3 is 5.97 Å². The van der Waals surface area contributed by atoms with Gasteiger partial charge in [0.05, 0.1) is 6.61 Å². The molecular formula is C10H13NO3. The molecule has 0 radical (unpaired) electrons. The predicted octanol–water partition coefficient (Wildman–Crippen LogP) is 1.17. The number of hydrogen-bond donors (Lipinski definition) is 1. The van der Waals surface area contributed by atoms with Crippen molar-refractivity contribution in [3.05, 3.63) is 33.2 Å². The fourth-order valence-corrected chi connectivity index (χ4v) is 1.18. The summed E-state index contributed by atoms with van der Waals surface area (Å²) < 4.78 is 4.79. The Morgan fingerprint density at radius 1 is 1.50 bits per heavy atom. The molecule has 0 unspecified atom stereocenters. The van der Waals surface area contributed by atoms with Gasteiger partial charge in [0.1, 0.15) is 5.69 Å². The van der Waals surface area contributed by atoms with Gasteiger partial charge in [0.25, 0.3) is 0 Å². The highest BCUT2D eigenvalue weighted by atomic mass is 16.5. The summed E-state index contributed by atoms with van der Waals surface area (Å²) >= 11 is 0. The van der Waals surface area contributed by atoms with Gasteiger partial charge in [-0.1, -0.05) is 0 Å². The quantitative estimate of drug-likeness (QED) is 0.720. The number of aromatic amines is 1. The molecule has 1 N–H and O–H groups in total. The van der Waals surface area contributed by atoms with Crippen LogP contribution in [0.15, 0.2) is 11.0 Å². The van der Waals surface area contributed by atoms with Crippen molar-refractivity contribution in [1.29, 1.82) is 0 Å². The lowest BCUT2D eigenvalue weighted by Gasteiger charge is -2.05. The van der Waals surface area contributed by atoms with Crippen LogP contribution >= 0.6 is 0 Å². The van der Waals surface area contributed by atoms with E-state index < -0.39 is 5.97 Å². The fourth-order valence-electron chi connectivity index (χ4n) is 1.18. The van der Waals surface area contributed by atoms with Gasteiger partial charge in [-0.3, -0.25) is 4.79 Å². The molecule has 0 atom stereocenters. The van der Waals surface area contributed by atoms with E-state index in [0.29, 0.717) is 17.7 Å². The summed E-state index contributed by atoms with van der Waals surface area (Å²) in [6.45, 7) is 5.33. The maximum absolute atomic E-state index is 11.5. The molecule has 1 aromatic heterocycles. The standard InChI is InChI=1S/C10H13NO3/c1-4-14-10(13)8-7(3)9(12)6(2)5-11-8/h5H,4H2,1-3H3,(H,11,12). The minimum atomic E-state index is -0.484. The Kier molecular flexibility index (Phi) is 3.06. The van der Waals surface area contributed by atoms with Gasteiger partial charge < -0.3 is 9.72 Å². The van der Waals surface area contributed by atoms with Gasteiger partial charge in [-0.2, -0.15) is 0 Å². The number of esters is 1. The van der Waals surface area contributed by atoms with Crippen LogP contribution in [0.3, 0.4) is 0 Å². The summed E-state index contributed by atoms with van der Waals surface area (Å²) in [5, 5.41) is 0. The summed E-state index contributed by atoms with van der Waals surface area (Å²) in [7, 11) is 0. The molecule has 0 amide bonds. The predicted molar refractivity (Wildman–Crippen MR) is 52.5 cm³/mol. The lowest BCUT2D eigenvalue weighted by Crippen LogP contribution is -2.18. The van der Waals surface area contributed by atoms with E-state index in [0.717, 1.165) is 0 Å². The smallest absolute Gasteiger partial charge is 0.355 e. The van der Waals surface area contributed by atoms with Crippen LogP contribution in [0.5, 0.6) is 0 Å². The lowest BCUT2D eigenvalue weighted by molar-refractivity contribution is 0.0518. The van der Waals surface area contributed by atoms with Crippen molar-refractivity contribution in [2.24, 2.45) is 0 Å². The van der Waals surface area contributed by atoms with Gasteiger partial charge in [0.15, 0.2) is 5.43 Å². The van der Waals surface area contributed by atoms with Crippen molar-refractivity contribution in [1.82, 2.24) is 4.98 Å². The average Bonchev–Trinajstić information content (AvgIpc) is 2.15. The monoisotopic (exact) mass is 195 g/mol. The topological polar surface area (TPSA) is 59.2 Å². The van der Waals surface area contributed by atoms with Crippen LogP contribution in [-0.2, 0) is 4.74 Å². The molecular weight excluding hydrogens is 182 g/mol.